The summed E-state index contributed by atoms with van der Waals surface area (Å²) in [5, 5.41) is 0.656. The van der Waals surface area contributed by atoms with Gasteiger partial charge in [0.15, 0.2) is 0 Å². The number of methoxy groups -OCH3 is 1. The van der Waals surface area contributed by atoms with Gasteiger partial charge in [-0.05, 0) is 35.4 Å². The van der Waals surface area contributed by atoms with Gasteiger partial charge in [-0.2, -0.15) is 0 Å². The molecule has 5 heteroatoms. The lowest BCUT2D eigenvalue weighted by Crippen LogP contribution is -2.08. The second-order valence-corrected chi connectivity index (χ2v) is 5.44. The quantitative estimate of drug-likeness (QED) is 0.335. The standard InChI is InChI=1S/C15H10ClIO3/c1-20-13-8-10(9-2-5-11(16)6-3-9)4-7-12(13)14(18)15(17)19/h2-8H,1H3. The molecule has 0 N–H and O–H groups in total. The van der Waals surface area contributed by atoms with Gasteiger partial charge in [-0.3, -0.25) is 9.59 Å². The van der Waals surface area contributed by atoms with E-state index in [4.69, 9.17) is 16.3 Å². The Kier molecular flexibility index (Phi) is 4.77. The topological polar surface area (TPSA) is 43.4 Å². The fraction of sp³-hybridized carbons (Fsp3) is 0.0667. The molecule has 0 aliphatic rings. The van der Waals surface area contributed by atoms with E-state index in [1.807, 2.05) is 12.1 Å². The van der Waals surface area contributed by atoms with E-state index in [0.717, 1.165) is 11.1 Å². The van der Waals surface area contributed by atoms with Crippen molar-refractivity contribution >= 4 is 43.8 Å². The maximum absolute atomic E-state index is 11.8. The van der Waals surface area contributed by atoms with Gasteiger partial charge in [-0.25, -0.2) is 0 Å². The summed E-state index contributed by atoms with van der Waals surface area (Å²) in [7, 11) is 1.47. The van der Waals surface area contributed by atoms with Gasteiger partial charge in [-0.1, -0.05) is 29.8 Å². The number of Topliss-reactive ketones (excluding diaryl/α,β-unsaturated/α-hetero) is 1. The van der Waals surface area contributed by atoms with E-state index < -0.39 is 9.57 Å². The molecular weight excluding hydrogens is 391 g/mol. The van der Waals surface area contributed by atoms with Crippen LogP contribution in [0, 0.1) is 0 Å². The number of halogens is 2. The van der Waals surface area contributed by atoms with E-state index in [2.05, 4.69) is 0 Å². The number of ether oxygens (including phenoxy) is 1. The summed E-state index contributed by atoms with van der Waals surface area (Å²) in [5.74, 6) is -0.183. The van der Waals surface area contributed by atoms with Crippen LogP contribution in [-0.4, -0.2) is 16.7 Å². The minimum Gasteiger partial charge on any atom is -0.496 e. The monoisotopic (exact) mass is 400 g/mol. The molecule has 0 amide bonds. The summed E-state index contributed by atoms with van der Waals surface area (Å²) in [4.78, 5) is 22.9. The lowest BCUT2D eigenvalue weighted by molar-refractivity contribution is -0.106. The number of benzene rings is 2. The van der Waals surface area contributed by atoms with Crippen LogP contribution in [0.3, 0.4) is 0 Å². The Morgan fingerprint density at radius 3 is 2.20 bits per heavy atom. The molecule has 0 fully saturated rings. The first-order valence-electron chi connectivity index (χ1n) is 5.71. The van der Waals surface area contributed by atoms with Gasteiger partial charge in [-0.15, -0.1) is 0 Å². The Balaban J connectivity index is 2.46. The number of hydrogen-bond donors (Lipinski definition) is 0. The molecule has 0 bridgehead atoms. The third-order valence-corrected chi connectivity index (χ3v) is 3.54. The molecule has 0 atom stereocenters. The van der Waals surface area contributed by atoms with Crippen molar-refractivity contribution in [3.05, 3.63) is 53.1 Å². The van der Waals surface area contributed by atoms with Crippen molar-refractivity contribution in [3.63, 3.8) is 0 Å². The van der Waals surface area contributed by atoms with Crippen LogP contribution in [0.2, 0.25) is 5.02 Å². The summed E-state index contributed by atoms with van der Waals surface area (Å²) >= 11 is 7.32. The van der Waals surface area contributed by atoms with E-state index in [0.29, 0.717) is 10.8 Å². The smallest absolute Gasteiger partial charge is 0.262 e. The molecule has 0 unspecified atom stereocenters. The molecule has 102 valence electrons. The highest BCUT2D eigenvalue weighted by molar-refractivity contribution is 14.1. The highest BCUT2D eigenvalue weighted by atomic mass is 127. The third kappa shape index (κ3) is 3.19. The predicted molar refractivity (Wildman–Crippen MR) is 86.8 cm³/mol. The SMILES string of the molecule is COc1cc(-c2ccc(Cl)cc2)ccc1C(=O)C(=O)I. The van der Waals surface area contributed by atoms with Gasteiger partial charge in [0, 0.05) is 27.6 Å². The first-order valence-corrected chi connectivity index (χ1v) is 7.16. The molecule has 20 heavy (non-hydrogen) atoms. The molecule has 0 saturated heterocycles. The Hall–Kier alpha value is -1.40. The number of ketones is 1. The van der Waals surface area contributed by atoms with Gasteiger partial charge in [0.25, 0.3) is 3.79 Å². The summed E-state index contributed by atoms with van der Waals surface area (Å²) in [6.07, 6.45) is 0. The second kappa shape index (κ2) is 6.37. The molecule has 0 aliphatic carbocycles. The molecular formula is C15H10ClIO3. The maximum Gasteiger partial charge on any atom is 0.262 e. The number of hydrogen-bond acceptors (Lipinski definition) is 3. The second-order valence-electron chi connectivity index (χ2n) is 4.02. The molecule has 2 aromatic carbocycles. The summed E-state index contributed by atoms with van der Waals surface area (Å²) < 4.78 is 4.66. The fourth-order valence-electron chi connectivity index (χ4n) is 1.81. The molecule has 0 aliphatic heterocycles. The third-order valence-electron chi connectivity index (χ3n) is 2.80. The van der Waals surface area contributed by atoms with Crippen LogP contribution >= 0.6 is 34.2 Å². The Labute approximate surface area is 135 Å². The average molecular weight is 401 g/mol. The maximum atomic E-state index is 11.8. The van der Waals surface area contributed by atoms with E-state index in [1.165, 1.54) is 29.7 Å². The van der Waals surface area contributed by atoms with Gasteiger partial charge in [0.1, 0.15) is 5.75 Å². The minimum absolute atomic E-state index is 0.268. The molecule has 0 heterocycles. The summed E-state index contributed by atoms with van der Waals surface area (Å²) in [6.45, 7) is 0. The van der Waals surface area contributed by atoms with E-state index in [-0.39, 0.29) is 5.56 Å². The predicted octanol–water partition coefficient (Wildman–Crippen LogP) is 4.16. The Morgan fingerprint density at radius 2 is 1.65 bits per heavy atom. The zero-order valence-corrected chi connectivity index (χ0v) is 13.4. The first-order chi connectivity index (χ1) is 9.52. The number of carbonyl (C=O) groups excluding carboxylic acids is 2. The zero-order chi connectivity index (χ0) is 14.7. The van der Waals surface area contributed by atoms with Crippen molar-refractivity contribution in [2.75, 3.05) is 7.11 Å². The fourth-order valence-corrected chi connectivity index (χ4v) is 2.22. The van der Waals surface area contributed by atoms with Crippen LogP contribution < -0.4 is 4.74 Å². The van der Waals surface area contributed by atoms with Crippen LogP contribution in [0.4, 0.5) is 0 Å². The first kappa shape index (κ1) is 15.0. The van der Waals surface area contributed by atoms with E-state index >= 15 is 0 Å². The highest BCUT2D eigenvalue weighted by Crippen LogP contribution is 2.28. The van der Waals surface area contributed by atoms with Crippen LogP contribution in [0.5, 0.6) is 5.75 Å². The summed E-state index contributed by atoms with van der Waals surface area (Å²) in [5.41, 5.74) is 2.10. The molecule has 0 spiro atoms. The lowest BCUT2D eigenvalue weighted by atomic mass is 10.0. The van der Waals surface area contributed by atoms with Crippen molar-refractivity contribution < 1.29 is 14.3 Å². The largest absolute Gasteiger partial charge is 0.496 e. The summed E-state index contributed by atoms with van der Waals surface area (Å²) in [6, 6.07) is 12.4. The number of rotatable bonds is 4. The van der Waals surface area contributed by atoms with Gasteiger partial charge < -0.3 is 4.74 Å². The van der Waals surface area contributed by atoms with Crippen LogP contribution in [-0.2, 0) is 4.79 Å². The van der Waals surface area contributed by atoms with Gasteiger partial charge in [0.05, 0.1) is 12.7 Å². The minimum atomic E-state index is -0.565. The van der Waals surface area contributed by atoms with Gasteiger partial charge in [0.2, 0.25) is 5.78 Å². The normalized spacial score (nSPS) is 10.2. The molecule has 0 radical (unpaired) electrons. The molecule has 0 aromatic heterocycles. The van der Waals surface area contributed by atoms with Crippen molar-refractivity contribution in [1.29, 1.82) is 0 Å². The molecule has 3 nitrogen and oxygen atoms in total. The molecule has 2 aromatic rings. The highest BCUT2D eigenvalue weighted by Gasteiger charge is 2.18. The average Bonchev–Trinajstić information content (AvgIpc) is 2.46. The van der Waals surface area contributed by atoms with Crippen molar-refractivity contribution in [3.8, 4) is 16.9 Å². The van der Waals surface area contributed by atoms with Gasteiger partial charge >= 0.3 is 0 Å². The van der Waals surface area contributed by atoms with Crippen LogP contribution in [0.15, 0.2) is 42.5 Å². The van der Waals surface area contributed by atoms with Crippen molar-refractivity contribution in [2.24, 2.45) is 0 Å². The molecule has 0 saturated carbocycles. The van der Waals surface area contributed by atoms with E-state index in [9.17, 15) is 9.59 Å². The van der Waals surface area contributed by atoms with Crippen molar-refractivity contribution in [2.45, 2.75) is 0 Å². The lowest BCUT2D eigenvalue weighted by Gasteiger charge is -2.09. The van der Waals surface area contributed by atoms with Crippen molar-refractivity contribution in [1.82, 2.24) is 0 Å². The van der Waals surface area contributed by atoms with Crippen LogP contribution in [0.1, 0.15) is 10.4 Å². The van der Waals surface area contributed by atoms with E-state index in [1.54, 1.807) is 30.3 Å². The molecule has 2 rings (SSSR count). The number of carbonyl (C=O) groups is 2. The Bertz CT molecular complexity index is 665. The Morgan fingerprint density at radius 1 is 1.05 bits per heavy atom. The zero-order valence-electron chi connectivity index (χ0n) is 10.5. The van der Waals surface area contributed by atoms with Crippen LogP contribution in [0.25, 0.3) is 11.1 Å².